The molecule has 0 aliphatic carbocycles. The molecular weight excluding hydrogens is 142 g/mol. The van der Waals surface area contributed by atoms with Crippen LogP contribution in [0.2, 0.25) is 0 Å². The van der Waals surface area contributed by atoms with Gasteiger partial charge in [-0.3, -0.25) is 4.79 Å². The zero-order chi connectivity index (χ0) is 9.07. The van der Waals surface area contributed by atoms with Gasteiger partial charge in [0.2, 0.25) is 0 Å². The van der Waals surface area contributed by atoms with E-state index >= 15 is 0 Å². The second kappa shape index (κ2) is 3.72. The van der Waals surface area contributed by atoms with Crippen LogP contribution in [0.4, 0.5) is 0 Å². The number of rotatable bonds is 3. The molecule has 0 amide bonds. The number of carboxylic acids is 1. The lowest BCUT2D eigenvalue weighted by Crippen LogP contribution is -2.40. The van der Waals surface area contributed by atoms with Crippen molar-refractivity contribution in [3.05, 3.63) is 0 Å². The van der Waals surface area contributed by atoms with Crippen molar-refractivity contribution < 1.29 is 9.90 Å². The van der Waals surface area contributed by atoms with E-state index in [9.17, 15) is 4.79 Å². The van der Waals surface area contributed by atoms with Gasteiger partial charge >= 0.3 is 5.97 Å². The van der Waals surface area contributed by atoms with Gasteiger partial charge in [0.1, 0.15) is 0 Å². The summed E-state index contributed by atoms with van der Waals surface area (Å²) in [7, 11) is 0. The summed E-state index contributed by atoms with van der Waals surface area (Å²) < 4.78 is 0. The molecule has 3 nitrogen and oxygen atoms in total. The average molecular weight is 159 g/mol. The van der Waals surface area contributed by atoms with Crippen molar-refractivity contribution in [2.75, 3.05) is 6.54 Å². The Bertz CT molecular complexity index is 138. The molecule has 66 valence electrons. The summed E-state index contributed by atoms with van der Waals surface area (Å²) in [5.74, 6) is -0.805. The van der Waals surface area contributed by atoms with Crippen LogP contribution in [0.5, 0.6) is 0 Å². The molecule has 0 aromatic rings. The number of carbonyl (C=O) groups is 1. The topological polar surface area (TPSA) is 49.3 Å². The van der Waals surface area contributed by atoms with E-state index in [1.807, 2.05) is 6.92 Å². The lowest BCUT2D eigenvalue weighted by Gasteiger charge is -2.27. The van der Waals surface area contributed by atoms with Gasteiger partial charge < -0.3 is 10.4 Å². The lowest BCUT2D eigenvalue weighted by atomic mass is 9.88. The minimum Gasteiger partial charge on any atom is -0.480 e. The highest BCUT2D eigenvalue weighted by molar-refractivity contribution is 5.69. The fourth-order valence-corrected chi connectivity index (χ4v) is 0.547. The first-order valence-corrected chi connectivity index (χ1v) is 3.79. The minimum atomic E-state index is -0.805. The predicted molar refractivity (Wildman–Crippen MR) is 44.6 cm³/mol. The summed E-state index contributed by atoms with van der Waals surface area (Å²) in [5, 5.41) is 11.3. The van der Waals surface area contributed by atoms with Gasteiger partial charge in [0.05, 0.1) is 6.54 Å². The standard InChI is InChI=1S/C8H17NO2/c1-6(8(2,3)4)9-5-7(10)11/h6,9H,5H2,1-4H3,(H,10,11)/t6-/m0/s1. The highest BCUT2D eigenvalue weighted by Gasteiger charge is 2.19. The second-order valence-corrected chi connectivity index (χ2v) is 3.86. The van der Waals surface area contributed by atoms with Gasteiger partial charge in [-0.15, -0.1) is 0 Å². The maximum Gasteiger partial charge on any atom is 0.317 e. The summed E-state index contributed by atoms with van der Waals surface area (Å²) >= 11 is 0. The molecular formula is C8H17NO2. The Morgan fingerprint density at radius 3 is 2.27 bits per heavy atom. The van der Waals surface area contributed by atoms with Crippen LogP contribution in [0, 0.1) is 5.41 Å². The van der Waals surface area contributed by atoms with E-state index in [1.54, 1.807) is 0 Å². The zero-order valence-electron chi connectivity index (χ0n) is 7.64. The Labute approximate surface area is 67.8 Å². The van der Waals surface area contributed by atoms with E-state index in [1.165, 1.54) is 0 Å². The van der Waals surface area contributed by atoms with Crippen molar-refractivity contribution in [2.45, 2.75) is 33.7 Å². The number of hydrogen-bond donors (Lipinski definition) is 2. The highest BCUT2D eigenvalue weighted by Crippen LogP contribution is 2.17. The van der Waals surface area contributed by atoms with Gasteiger partial charge in [-0.25, -0.2) is 0 Å². The Morgan fingerprint density at radius 2 is 2.00 bits per heavy atom. The summed E-state index contributed by atoms with van der Waals surface area (Å²) in [5.41, 5.74) is 0.120. The maximum atomic E-state index is 10.2. The van der Waals surface area contributed by atoms with Gasteiger partial charge in [0, 0.05) is 6.04 Å². The summed E-state index contributed by atoms with van der Waals surface area (Å²) in [4.78, 5) is 10.2. The van der Waals surface area contributed by atoms with E-state index in [0.29, 0.717) is 0 Å². The fourth-order valence-electron chi connectivity index (χ4n) is 0.547. The van der Waals surface area contributed by atoms with E-state index in [2.05, 4.69) is 26.1 Å². The molecule has 0 spiro atoms. The van der Waals surface area contributed by atoms with E-state index in [4.69, 9.17) is 5.11 Å². The Balaban J connectivity index is 3.70. The van der Waals surface area contributed by atoms with Crippen molar-refractivity contribution in [1.82, 2.24) is 5.32 Å². The van der Waals surface area contributed by atoms with Crippen LogP contribution in [0.3, 0.4) is 0 Å². The Kier molecular flexibility index (Phi) is 3.52. The minimum absolute atomic E-state index is 0.0401. The molecule has 0 rings (SSSR count). The second-order valence-electron chi connectivity index (χ2n) is 3.86. The van der Waals surface area contributed by atoms with Gasteiger partial charge in [-0.2, -0.15) is 0 Å². The SMILES string of the molecule is C[C@H](NCC(=O)O)C(C)(C)C. The van der Waals surface area contributed by atoms with Crippen LogP contribution in [0.1, 0.15) is 27.7 Å². The maximum absolute atomic E-state index is 10.2. The molecule has 0 aromatic heterocycles. The van der Waals surface area contributed by atoms with Crippen LogP contribution in [0.25, 0.3) is 0 Å². The molecule has 11 heavy (non-hydrogen) atoms. The van der Waals surface area contributed by atoms with Crippen LogP contribution >= 0.6 is 0 Å². The highest BCUT2D eigenvalue weighted by atomic mass is 16.4. The fraction of sp³-hybridized carbons (Fsp3) is 0.875. The van der Waals surface area contributed by atoms with Crippen LogP contribution in [-0.2, 0) is 4.79 Å². The monoisotopic (exact) mass is 159 g/mol. The summed E-state index contributed by atoms with van der Waals surface area (Å²) in [6.07, 6.45) is 0. The number of carboxylic acid groups (broad SMARTS) is 1. The first-order chi connectivity index (χ1) is 4.84. The average Bonchev–Trinajstić information content (AvgIpc) is 1.80. The van der Waals surface area contributed by atoms with Gasteiger partial charge in [0.25, 0.3) is 0 Å². The zero-order valence-corrected chi connectivity index (χ0v) is 7.64. The molecule has 0 fully saturated rings. The third kappa shape index (κ3) is 4.79. The molecule has 0 saturated heterocycles. The Hall–Kier alpha value is -0.570. The van der Waals surface area contributed by atoms with E-state index in [0.717, 1.165) is 0 Å². The molecule has 2 N–H and O–H groups in total. The largest absolute Gasteiger partial charge is 0.480 e. The van der Waals surface area contributed by atoms with Crippen molar-refractivity contribution in [2.24, 2.45) is 5.41 Å². The summed E-state index contributed by atoms with van der Waals surface area (Å²) in [6, 6.07) is 0.221. The molecule has 0 aromatic carbocycles. The van der Waals surface area contributed by atoms with Crippen LogP contribution < -0.4 is 5.32 Å². The molecule has 0 saturated carbocycles. The number of aliphatic carboxylic acids is 1. The quantitative estimate of drug-likeness (QED) is 0.648. The van der Waals surface area contributed by atoms with Crippen molar-refractivity contribution in [1.29, 1.82) is 0 Å². The molecule has 0 heterocycles. The smallest absolute Gasteiger partial charge is 0.317 e. The lowest BCUT2D eigenvalue weighted by molar-refractivity contribution is -0.136. The van der Waals surface area contributed by atoms with Crippen LogP contribution in [-0.4, -0.2) is 23.7 Å². The third-order valence-corrected chi connectivity index (χ3v) is 1.86. The molecule has 0 bridgehead atoms. The molecule has 0 aliphatic heterocycles. The normalized spacial score (nSPS) is 14.5. The van der Waals surface area contributed by atoms with Crippen molar-refractivity contribution >= 4 is 5.97 Å². The van der Waals surface area contributed by atoms with Crippen molar-refractivity contribution in [3.8, 4) is 0 Å². The summed E-state index contributed by atoms with van der Waals surface area (Å²) in [6.45, 7) is 8.26. The molecule has 0 aliphatic rings. The molecule has 1 atom stereocenters. The van der Waals surface area contributed by atoms with E-state index < -0.39 is 5.97 Å². The van der Waals surface area contributed by atoms with Gasteiger partial charge in [-0.1, -0.05) is 20.8 Å². The molecule has 3 heteroatoms. The number of hydrogen-bond acceptors (Lipinski definition) is 2. The first kappa shape index (κ1) is 10.4. The van der Waals surface area contributed by atoms with Crippen molar-refractivity contribution in [3.63, 3.8) is 0 Å². The molecule has 0 unspecified atom stereocenters. The number of nitrogens with one attached hydrogen (secondary N) is 1. The first-order valence-electron chi connectivity index (χ1n) is 3.79. The van der Waals surface area contributed by atoms with Gasteiger partial charge in [0.15, 0.2) is 0 Å². The van der Waals surface area contributed by atoms with E-state index in [-0.39, 0.29) is 18.0 Å². The van der Waals surface area contributed by atoms with Crippen LogP contribution in [0.15, 0.2) is 0 Å². The third-order valence-electron chi connectivity index (χ3n) is 1.86. The molecule has 0 radical (unpaired) electrons. The Morgan fingerprint density at radius 1 is 1.55 bits per heavy atom. The van der Waals surface area contributed by atoms with Gasteiger partial charge in [-0.05, 0) is 12.3 Å². The predicted octanol–water partition coefficient (Wildman–Crippen LogP) is 1.10.